The molecule has 0 unspecified atom stereocenters. The number of carbonyl (C=O) groups is 1. The molecule has 5 heterocycles. The summed E-state index contributed by atoms with van der Waals surface area (Å²) in [5.41, 5.74) is 6.17. The van der Waals surface area contributed by atoms with E-state index in [4.69, 9.17) is 10.2 Å². The van der Waals surface area contributed by atoms with Crippen molar-refractivity contribution >= 4 is 23.6 Å². The number of rotatable bonds is 4. The fourth-order valence-corrected chi connectivity index (χ4v) is 4.34. The highest BCUT2D eigenvalue weighted by Crippen LogP contribution is 2.26. The van der Waals surface area contributed by atoms with Crippen LogP contribution >= 0.6 is 0 Å². The Kier molecular flexibility index (Phi) is 4.97. The van der Waals surface area contributed by atoms with Gasteiger partial charge in [-0.3, -0.25) is 4.79 Å². The van der Waals surface area contributed by atoms with Crippen LogP contribution in [0.1, 0.15) is 25.5 Å². The highest BCUT2D eigenvalue weighted by molar-refractivity contribution is 5.85. The first kappa shape index (κ1) is 19.7. The monoisotopic (exact) mass is 425 g/mol. The molecule has 2 fully saturated rings. The first-order valence-corrected chi connectivity index (χ1v) is 10.8. The molecule has 2 aliphatic rings. The predicted molar refractivity (Wildman–Crippen MR) is 114 cm³/mol. The minimum absolute atomic E-state index is 0.142. The average molecular weight is 425 g/mol. The summed E-state index contributed by atoms with van der Waals surface area (Å²) in [6.45, 7) is 9.08. The molecule has 31 heavy (non-hydrogen) atoms. The maximum absolute atomic E-state index is 13.3. The van der Waals surface area contributed by atoms with Crippen LogP contribution in [-0.2, 0) is 4.79 Å². The van der Waals surface area contributed by atoms with Gasteiger partial charge in [-0.1, -0.05) is 6.92 Å². The zero-order valence-electron chi connectivity index (χ0n) is 17.9. The number of amides is 1. The number of fused-ring (bicyclic) bond motifs is 1. The fraction of sp³-hybridized carbons (Fsp3) is 0.550. The lowest BCUT2D eigenvalue weighted by Gasteiger charge is -2.36. The number of carbonyl (C=O) groups excluding carboxylic acids is 1. The summed E-state index contributed by atoms with van der Waals surface area (Å²) in [5, 5.41) is 4.37. The Balaban J connectivity index is 1.40. The van der Waals surface area contributed by atoms with Gasteiger partial charge in [-0.25, -0.2) is 0 Å². The molecule has 1 atom stereocenters. The Labute approximate surface area is 179 Å². The maximum Gasteiger partial charge on any atom is 0.259 e. The second kappa shape index (κ2) is 7.80. The number of furan rings is 1. The summed E-state index contributed by atoms with van der Waals surface area (Å²) >= 11 is 0. The molecule has 1 amide bonds. The van der Waals surface area contributed by atoms with Crippen LogP contribution in [0.2, 0.25) is 0 Å². The van der Waals surface area contributed by atoms with Crippen LogP contribution in [0.5, 0.6) is 0 Å². The molecule has 0 aromatic carbocycles. The van der Waals surface area contributed by atoms with Crippen molar-refractivity contribution in [2.75, 3.05) is 49.9 Å². The fourth-order valence-electron chi connectivity index (χ4n) is 4.34. The topological polar surface area (TPSA) is 122 Å². The Hall–Kier alpha value is -3.21. The molecule has 2 aliphatic heterocycles. The van der Waals surface area contributed by atoms with Crippen LogP contribution in [-0.4, -0.2) is 85.6 Å². The van der Waals surface area contributed by atoms with Crippen molar-refractivity contribution in [3.05, 3.63) is 17.9 Å². The zero-order chi connectivity index (χ0) is 21.5. The van der Waals surface area contributed by atoms with Gasteiger partial charge in [0.25, 0.3) is 5.78 Å². The van der Waals surface area contributed by atoms with Crippen molar-refractivity contribution in [1.82, 2.24) is 34.4 Å². The third-order valence-corrected chi connectivity index (χ3v) is 6.11. The number of aryl methyl sites for hydroxylation is 1. The summed E-state index contributed by atoms with van der Waals surface area (Å²) < 4.78 is 7.01. The van der Waals surface area contributed by atoms with Gasteiger partial charge in [-0.2, -0.15) is 19.5 Å². The van der Waals surface area contributed by atoms with Gasteiger partial charge >= 0.3 is 0 Å². The van der Waals surface area contributed by atoms with E-state index in [1.165, 1.54) is 4.52 Å². The molecule has 0 bridgehead atoms. The Morgan fingerprint density at radius 1 is 1.16 bits per heavy atom. The molecule has 164 valence electrons. The normalized spacial score (nSPS) is 20.1. The van der Waals surface area contributed by atoms with E-state index in [0.29, 0.717) is 29.9 Å². The Morgan fingerprint density at radius 2 is 1.97 bits per heavy atom. The quantitative estimate of drug-likeness (QED) is 0.647. The molecule has 2 N–H and O–H groups in total. The van der Waals surface area contributed by atoms with Crippen LogP contribution < -0.4 is 10.6 Å². The number of aromatic nitrogens is 5. The summed E-state index contributed by atoms with van der Waals surface area (Å²) in [7, 11) is 0. The third kappa shape index (κ3) is 3.58. The van der Waals surface area contributed by atoms with E-state index in [9.17, 15) is 4.79 Å². The number of hydrogen-bond acceptors (Lipinski definition) is 9. The highest BCUT2D eigenvalue weighted by atomic mass is 16.3. The van der Waals surface area contributed by atoms with Crippen molar-refractivity contribution in [2.24, 2.45) is 0 Å². The molecule has 0 saturated carbocycles. The van der Waals surface area contributed by atoms with Gasteiger partial charge in [0.05, 0.1) is 0 Å². The number of hydrogen-bond donors (Lipinski definition) is 1. The summed E-state index contributed by atoms with van der Waals surface area (Å²) in [4.78, 5) is 33.0. The standard InChI is InChI=1S/C20H27N9O2/c1-3-26-9-11-27(12-10-26)17(30)14-5-4-8-28(14)19-23-18(21)29-20(24-19)22-16(25-29)15-7-6-13(2)31-15/h6-7,14H,3-5,8-12H2,1-2H3,(H2,21,22,23,24,25)/t14-/m0/s1. The average Bonchev–Trinajstić information content (AvgIpc) is 3.52. The lowest BCUT2D eigenvalue weighted by atomic mass is 10.1. The number of anilines is 2. The van der Waals surface area contributed by atoms with E-state index in [2.05, 4.69) is 31.9 Å². The van der Waals surface area contributed by atoms with Crippen molar-refractivity contribution in [3.63, 3.8) is 0 Å². The number of nitrogens with zero attached hydrogens (tertiary/aromatic N) is 8. The van der Waals surface area contributed by atoms with Crippen molar-refractivity contribution in [3.8, 4) is 11.6 Å². The van der Waals surface area contributed by atoms with Crippen LogP contribution in [0, 0.1) is 6.92 Å². The molecule has 11 nitrogen and oxygen atoms in total. The molecule has 0 radical (unpaired) electrons. The van der Waals surface area contributed by atoms with E-state index in [0.717, 1.165) is 51.3 Å². The first-order chi connectivity index (χ1) is 15.0. The van der Waals surface area contributed by atoms with E-state index in [1.807, 2.05) is 28.9 Å². The van der Waals surface area contributed by atoms with Crippen molar-refractivity contribution < 1.29 is 9.21 Å². The maximum atomic E-state index is 13.3. The van der Waals surface area contributed by atoms with Gasteiger partial charge in [0, 0.05) is 32.7 Å². The number of nitrogens with two attached hydrogens (primary N) is 1. The van der Waals surface area contributed by atoms with Crippen molar-refractivity contribution in [1.29, 1.82) is 0 Å². The van der Waals surface area contributed by atoms with Crippen LogP contribution in [0.15, 0.2) is 16.5 Å². The lowest BCUT2D eigenvalue weighted by molar-refractivity contribution is -0.134. The number of piperazine rings is 1. The lowest BCUT2D eigenvalue weighted by Crippen LogP contribution is -2.53. The molecule has 3 aromatic rings. The molecule has 11 heteroatoms. The largest absolute Gasteiger partial charge is 0.458 e. The zero-order valence-corrected chi connectivity index (χ0v) is 17.9. The minimum Gasteiger partial charge on any atom is -0.458 e. The molecular weight excluding hydrogens is 398 g/mol. The van der Waals surface area contributed by atoms with Crippen LogP contribution in [0.25, 0.3) is 17.4 Å². The van der Waals surface area contributed by atoms with Gasteiger partial charge in [0.2, 0.25) is 23.6 Å². The third-order valence-electron chi connectivity index (χ3n) is 6.11. The highest BCUT2D eigenvalue weighted by Gasteiger charge is 2.36. The second-order valence-corrected chi connectivity index (χ2v) is 8.05. The molecule has 2 saturated heterocycles. The molecule has 0 spiro atoms. The van der Waals surface area contributed by atoms with Gasteiger partial charge < -0.3 is 24.9 Å². The first-order valence-electron chi connectivity index (χ1n) is 10.8. The number of likely N-dealkylation sites (N-methyl/N-ethyl adjacent to an activating group) is 1. The van der Waals surface area contributed by atoms with E-state index in [1.54, 1.807) is 0 Å². The summed E-state index contributed by atoms with van der Waals surface area (Å²) in [6, 6.07) is 3.38. The van der Waals surface area contributed by atoms with E-state index >= 15 is 0 Å². The van der Waals surface area contributed by atoms with E-state index < -0.39 is 0 Å². The Morgan fingerprint density at radius 3 is 2.68 bits per heavy atom. The molecule has 5 rings (SSSR count). The minimum atomic E-state index is -0.273. The molecule has 3 aromatic heterocycles. The van der Waals surface area contributed by atoms with Gasteiger partial charge in [0.1, 0.15) is 11.8 Å². The summed E-state index contributed by atoms with van der Waals surface area (Å²) in [5.74, 6) is 2.79. The summed E-state index contributed by atoms with van der Waals surface area (Å²) in [6.07, 6.45) is 1.69. The predicted octanol–water partition coefficient (Wildman–Crippen LogP) is 0.803. The molecular formula is C20H27N9O2. The van der Waals surface area contributed by atoms with Gasteiger partial charge in [-0.15, -0.1) is 5.10 Å². The van der Waals surface area contributed by atoms with Crippen LogP contribution in [0.3, 0.4) is 0 Å². The second-order valence-electron chi connectivity index (χ2n) is 8.05. The van der Waals surface area contributed by atoms with E-state index in [-0.39, 0.29) is 17.9 Å². The smallest absolute Gasteiger partial charge is 0.259 e. The van der Waals surface area contributed by atoms with Crippen LogP contribution in [0.4, 0.5) is 11.9 Å². The molecule has 0 aliphatic carbocycles. The van der Waals surface area contributed by atoms with Gasteiger partial charge in [0.15, 0.2) is 5.76 Å². The SMILES string of the molecule is CCN1CCN(C(=O)[C@@H]2CCCN2c2nc(N)n3nc(-c4ccc(C)o4)nc3n2)CC1. The Bertz CT molecular complexity index is 1100. The van der Waals surface area contributed by atoms with Crippen molar-refractivity contribution in [2.45, 2.75) is 32.7 Å². The van der Waals surface area contributed by atoms with Gasteiger partial charge in [-0.05, 0) is 38.4 Å². The number of nitrogen functional groups attached to an aromatic ring is 1.